The molecule has 0 radical (unpaired) electrons. The smallest absolute Gasteiger partial charge is 0.310 e. The largest absolute Gasteiger partial charge is 0.481 e. The maximum Gasteiger partial charge on any atom is 0.310 e. The van der Waals surface area contributed by atoms with Gasteiger partial charge in [0.25, 0.3) is 0 Å². The van der Waals surface area contributed by atoms with Gasteiger partial charge in [-0.25, -0.2) is 0 Å². The lowest BCUT2D eigenvalue weighted by Crippen LogP contribution is -2.39. The Kier molecular flexibility index (Phi) is 6.99. The van der Waals surface area contributed by atoms with E-state index in [9.17, 15) is 14.7 Å². The van der Waals surface area contributed by atoms with Gasteiger partial charge >= 0.3 is 5.97 Å². The van der Waals surface area contributed by atoms with E-state index in [-0.39, 0.29) is 12.3 Å². The number of carbonyl (C=O) groups excluding carboxylic acids is 1. The molecule has 0 atom stereocenters. The Bertz CT molecular complexity index is 323. The van der Waals surface area contributed by atoms with Gasteiger partial charge in [0.2, 0.25) is 5.91 Å². The number of hydrogen-bond donors (Lipinski definition) is 2. The van der Waals surface area contributed by atoms with Crippen LogP contribution in [0.3, 0.4) is 0 Å². The van der Waals surface area contributed by atoms with Gasteiger partial charge < -0.3 is 15.3 Å². The minimum atomic E-state index is -0.836. The third kappa shape index (κ3) is 5.12. The van der Waals surface area contributed by atoms with E-state index in [0.717, 1.165) is 38.8 Å². The monoisotopic (exact) mass is 284 g/mol. The fraction of sp³-hybridized carbons (Fsp3) is 0.867. The van der Waals surface area contributed by atoms with Crippen molar-refractivity contribution in [1.29, 1.82) is 0 Å². The normalized spacial score (nSPS) is 18.6. The number of carbonyl (C=O) groups is 2. The summed E-state index contributed by atoms with van der Waals surface area (Å²) in [6.45, 7) is 4.38. The van der Waals surface area contributed by atoms with Crippen molar-refractivity contribution >= 4 is 11.9 Å². The van der Waals surface area contributed by atoms with Crippen LogP contribution in [0.1, 0.15) is 51.9 Å². The highest BCUT2D eigenvalue weighted by Gasteiger charge is 2.40. The number of aliphatic carboxylic acids is 1. The van der Waals surface area contributed by atoms with Crippen LogP contribution in [0.5, 0.6) is 0 Å². The number of carboxylic acids is 1. The highest BCUT2D eigenvalue weighted by Crippen LogP contribution is 2.38. The molecule has 2 N–H and O–H groups in total. The number of nitrogens with one attached hydrogen (secondary N) is 1. The molecule has 116 valence electrons. The average molecular weight is 284 g/mol. The van der Waals surface area contributed by atoms with Crippen LogP contribution in [0.2, 0.25) is 0 Å². The van der Waals surface area contributed by atoms with Crippen molar-refractivity contribution in [3.63, 3.8) is 0 Å². The Balaban J connectivity index is 2.48. The predicted molar refractivity (Wildman–Crippen MR) is 78.6 cm³/mol. The van der Waals surface area contributed by atoms with Gasteiger partial charge in [-0.05, 0) is 26.4 Å². The van der Waals surface area contributed by atoms with E-state index in [1.807, 2.05) is 7.05 Å². The minimum Gasteiger partial charge on any atom is -0.481 e. The molecule has 0 aromatic carbocycles. The quantitative estimate of drug-likeness (QED) is 0.700. The first-order chi connectivity index (χ1) is 9.50. The maximum absolute atomic E-state index is 12.0. The average Bonchev–Trinajstić information content (AvgIpc) is 2.65. The van der Waals surface area contributed by atoms with E-state index in [2.05, 4.69) is 17.1 Å². The Hall–Kier alpha value is -1.10. The van der Waals surface area contributed by atoms with E-state index in [4.69, 9.17) is 0 Å². The second-order valence-corrected chi connectivity index (χ2v) is 5.92. The zero-order valence-corrected chi connectivity index (χ0v) is 12.8. The number of hydrogen-bond acceptors (Lipinski definition) is 3. The lowest BCUT2D eigenvalue weighted by Gasteiger charge is -2.27. The van der Waals surface area contributed by atoms with Gasteiger partial charge in [-0.15, -0.1) is 0 Å². The van der Waals surface area contributed by atoms with E-state index in [1.165, 1.54) is 0 Å². The third-order valence-corrected chi connectivity index (χ3v) is 4.37. The molecular weight excluding hydrogens is 256 g/mol. The highest BCUT2D eigenvalue weighted by atomic mass is 16.4. The fourth-order valence-corrected chi connectivity index (χ4v) is 2.79. The van der Waals surface area contributed by atoms with E-state index >= 15 is 0 Å². The van der Waals surface area contributed by atoms with Crippen molar-refractivity contribution in [1.82, 2.24) is 10.2 Å². The summed E-state index contributed by atoms with van der Waals surface area (Å²) < 4.78 is 0. The van der Waals surface area contributed by atoms with Crippen LogP contribution in [0.4, 0.5) is 0 Å². The van der Waals surface area contributed by atoms with Gasteiger partial charge in [0, 0.05) is 19.5 Å². The SMILES string of the molecule is CCN(C)CCNC(=O)CC1(C(=O)O)CCCCCC1. The van der Waals surface area contributed by atoms with E-state index < -0.39 is 11.4 Å². The molecule has 1 rings (SSSR count). The van der Waals surface area contributed by atoms with Crippen molar-refractivity contribution in [2.45, 2.75) is 51.9 Å². The van der Waals surface area contributed by atoms with Gasteiger partial charge in [0.05, 0.1) is 5.41 Å². The van der Waals surface area contributed by atoms with Crippen LogP contribution in [0.15, 0.2) is 0 Å². The minimum absolute atomic E-state index is 0.123. The Morgan fingerprint density at radius 1 is 1.20 bits per heavy atom. The molecule has 1 fully saturated rings. The van der Waals surface area contributed by atoms with Crippen molar-refractivity contribution in [3.05, 3.63) is 0 Å². The first-order valence-corrected chi connectivity index (χ1v) is 7.69. The first-order valence-electron chi connectivity index (χ1n) is 7.69. The maximum atomic E-state index is 12.0. The van der Waals surface area contributed by atoms with Gasteiger partial charge in [-0.3, -0.25) is 9.59 Å². The first kappa shape index (κ1) is 17.0. The number of nitrogens with zero attached hydrogens (tertiary/aromatic N) is 1. The number of amides is 1. The molecule has 0 aromatic rings. The predicted octanol–water partition coefficient (Wildman–Crippen LogP) is 1.87. The van der Waals surface area contributed by atoms with Gasteiger partial charge in [-0.2, -0.15) is 0 Å². The molecule has 5 heteroatoms. The Morgan fingerprint density at radius 3 is 2.30 bits per heavy atom. The molecule has 0 bridgehead atoms. The van der Waals surface area contributed by atoms with Crippen LogP contribution in [-0.2, 0) is 9.59 Å². The molecule has 1 saturated carbocycles. The van der Waals surface area contributed by atoms with E-state index in [0.29, 0.717) is 19.4 Å². The molecule has 5 nitrogen and oxygen atoms in total. The second-order valence-electron chi connectivity index (χ2n) is 5.92. The van der Waals surface area contributed by atoms with Crippen molar-refractivity contribution < 1.29 is 14.7 Å². The highest BCUT2D eigenvalue weighted by molar-refractivity contribution is 5.85. The van der Waals surface area contributed by atoms with Crippen LogP contribution < -0.4 is 5.32 Å². The summed E-state index contributed by atoms with van der Waals surface area (Å²) >= 11 is 0. The van der Waals surface area contributed by atoms with Crippen LogP contribution >= 0.6 is 0 Å². The molecule has 0 heterocycles. The summed E-state index contributed by atoms with van der Waals surface area (Å²) in [7, 11) is 2.00. The lowest BCUT2D eigenvalue weighted by atomic mass is 9.77. The molecule has 1 amide bonds. The van der Waals surface area contributed by atoms with E-state index in [1.54, 1.807) is 0 Å². The summed E-state index contributed by atoms with van der Waals surface area (Å²) in [5.74, 6) is -0.931. The third-order valence-electron chi connectivity index (χ3n) is 4.37. The van der Waals surface area contributed by atoms with Gasteiger partial charge in [-0.1, -0.05) is 32.6 Å². The summed E-state index contributed by atoms with van der Waals surface area (Å²) in [5, 5.41) is 12.4. The number of carboxylic acid groups (broad SMARTS) is 1. The van der Waals surface area contributed by atoms with Crippen LogP contribution in [0.25, 0.3) is 0 Å². The van der Waals surface area contributed by atoms with Crippen molar-refractivity contribution in [2.75, 3.05) is 26.7 Å². The molecule has 0 aromatic heterocycles. The molecular formula is C15H28N2O3. The lowest BCUT2D eigenvalue weighted by molar-refractivity contribution is -0.152. The standard InChI is InChI=1S/C15H28N2O3/c1-3-17(2)11-10-16-13(18)12-15(14(19)20)8-6-4-5-7-9-15/h3-12H2,1-2H3,(H,16,18)(H,19,20). The zero-order valence-electron chi connectivity index (χ0n) is 12.8. The zero-order chi connectivity index (χ0) is 15.0. The Labute approximate surface area is 121 Å². The van der Waals surface area contributed by atoms with Crippen molar-refractivity contribution in [2.24, 2.45) is 5.41 Å². The number of rotatable bonds is 7. The second kappa shape index (κ2) is 8.25. The van der Waals surface area contributed by atoms with Crippen LogP contribution in [0, 0.1) is 5.41 Å². The molecule has 20 heavy (non-hydrogen) atoms. The molecule has 0 saturated heterocycles. The molecule has 1 aliphatic rings. The summed E-state index contributed by atoms with van der Waals surface area (Å²) in [6.07, 6.45) is 5.37. The molecule has 1 aliphatic carbocycles. The fourth-order valence-electron chi connectivity index (χ4n) is 2.79. The van der Waals surface area contributed by atoms with Crippen molar-refractivity contribution in [3.8, 4) is 0 Å². The molecule has 0 spiro atoms. The Morgan fingerprint density at radius 2 is 1.80 bits per heavy atom. The van der Waals surface area contributed by atoms with Gasteiger partial charge in [0.1, 0.15) is 0 Å². The van der Waals surface area contributed by atoms with Gasteiger partial charge in [0.15, 0.2) is 0 Å². The summed E-state index contributed by atoms with van der Waals surface area (Å²) in [6, 6.07) is 0. The van der Waals surface area contributed by atoms with Crippen LogP contribution in [-0.4, -0.2) is 48.6 Å². The topological polar surface area (TPSA) is 69.6 Å². The summed E-state index contributed by atoms with van der Waals surface area (Å²) in [4.78, 5) is 25.7. The summed E-state index contributed by atoms with van der Waals surface area (Å²) in [5.41, 5.74) is -0.836. The molecule has 0 unspecified atom stereocenters. The molecule has 0 aliphatic heterocycles. The number of likely N-dealkylation sites (N-methyl/N-ethyl adjacent to an activating group) is 1.